The number of carbonyl (C=O) groups is 2. The molecular formula is C42H49N7O7S. The Bertz CT molecular complexity index is 2410. The highest BCUT2D eigenvalue weighted by molar-refractivity contribution is 7.92. The highest BCUT2D eigenvalue weighted by Gasteiger charge is 2.28. The van der Waals surface area contributed by atoms with Crippen LogP contribution in [0.15, 0.2) is 85.1 Å². The van der Waals surface area contributed by atoms with Gasteiger partial charge in [-0.25, -0.2) is 18.2 Å². The SMILES string of the molecule is COc1cc(Nc2cc(Oc3ccc(N(C(N)=O)c4cc(C(C)(C)C)cc(NS(C)(=O)=O)c4OC)c4ccccc34)ccn2)ccc1C(=O)NC1CCN(C)CC1. The van der Waals surface area contributed by atoms with Crippen LogP contribution in [0.25, 0.3) is 10.8 Å². The van der Waals surface area contributed by atoms with Crippen LogP contribution >= 0.6 is 0 Å². The van der Waals surface area contributed by atoms with E-state index in [0.717, 1.165) is 37.8 Å². The van der Waals surface area contributed by atoms with Crippen molar-refractivity contribution in [3.63, 3.8) is 0 Å². The molecule has 5 aromatic rings. The quantitative estimate of drug-likeness (QED) is 0.0989. The first-order valence-corrected chi connectivity index (χ1v) is 20.3. The average Bonchev–Trinajstić information content (AvgIpc) is 3.15. The second kappa shape index (κ2) is 16.6. The van der Waals surface area contributed by atoms with Gasteiger partial charge >= 0.3 is 6.03 Å². The van der Waals surface area contributed by atoms with Crippen LogP contribution in [0.3, 0.4) is 0 Å². The summed E-state index contributed by atoms with van der Waals surface area (Å²) in [5.74, 6) is 1.84. The zero-order chi connectivity index (χ0) is 41.1. The minimum Gasteiger partial charge on any atom is -0.496 e. The highest BCUT2D eigenvalue weighted by atomic mass is 32.2. The fraction of sp³-hybridized carbons (Fsp3) is 0.310. The number of ether oxygens (including phenoxy) is 3. The molecule has 1 fully saturated rings. The van der Waals surface area contributed by atoms with E-state index in [1.807, 2.05) is 45.0 Å². The van der Waals surface area contributed by atoms with Gasteiger partial charge in [-0.3, -0.25) is 14.4 Å². The summed E-state index contributed by atoms with van der Waals surface area (Å²) in [6.45, 7) is 7.81. The van der Waals surface area contributed by atoms with E-state index in [9.17, 15) is 18.0 Å². The zero-order valence-corrected chi connectivity index (χ0v) is 34.0. The van der Waals surface area contributed by atoms with Crippen LogP contribution in [-0.4, -0.2) is 76.9 Å². The number of fused-ring (bicyclic) bond motifs is 1. The number of nitrogens with two attached hydrogens (primary N) is 1. The van der Waals surface area contributed by atoms with Gasteiger partial charge in [0.2, 0.25) is 10.0 Å². The molecule has 5 N–H and O–H groups in total. The van der Waals surface area contributed by atoms with Crippen molar-refractivity contribution in [2.45, 2.75) is 45.1 Å². The number of benzene rings is 4. The van der Waals surface area contributed by atoms with Crippen LogP contribution in [0.1, 0.15) is 49.5 Å². The second-order valence-corrected chi connectivity index (χ2v) is 16.8. The lowest BCUT2D eigenvalue weighted by Gasteiger charge is -2.29. The minimum atomic E-state index is -3.72. The van der Waals surface area contributed by atoms with Gasteiger partial charge < -0.3 is 35.5 Å². The summed E-state index contributed by atoms with van der Waals surface area (Å²) in [6, 6.07) is 22.4. The summed E-state index contributed by atoms with van der Waals surface area (Å²) in [5.41, 5.74) is 8.36. The Labute approximate surface area is 333 Å². The number of hydrogen-bond acceptors (Lipinski definition) is 10. The third-order valence-electron chi connectivity index (χ3n) is 9.73. The number of hydrogen-bond donors (Lipinski definition) is 4. The van der Waals surface area contributed by atoms with E-state index in [2.05, 4.69) is 32.3 Å². The molecule has 4 aromatic carbocycles. The summed E-state index contributed by atoms with van der Waals surface area (Å²) in [4.78, 5) is 34.6. The summed E-state index contributed by atoms with van der Waals surface area (Å²) < 4.78 is 45.1. The van der Waals surface area contributed by atoms with Crippen LogP contribution in [0.5, 0.6) is 23.0 Å². The van der Waals surface area contributed by atoms with Crippen molar-refractivity contribution in [1.29, 1.82) is 0 Å². The van der Waals surface area contributed by atoms with Gasteiger partial charge in [0.15, 0.2) is 5.75 Å². The van der Waals surface area contributed by atoms with Crippen molar-refractivity contribution in [3.8, 4) is 23.0 Å². The molecule has 300 valence electrons. The van der Waals surface area contributed by atoms with Crippen LogP contribution in [-0.2, 0) is 15.4 Å². The lowest BCUT2D eigenvalue weighted by molar-refractivity contribution is 0.0913. The molecule has 1 aromatic heterocycles. The van der Waals surface area contributed by atoms with Gasteiger partial charge in [-0.15, -0.1) is 0 Å². The lowest BCUT2D eigenvalue weighted by atomic mass is 9.86. The first-order chi connectivity index (χ1) is 27.0. The van der Waals surface area contributed by atoms with Crippen LogP contribution in [0.2, 0.25) is 0 Å². The molecule has 1 aliphatic heterocycles. The largest absolute Gasteiger partial charge is 0.496 e. The first-order valence-electron chi connectivity index (χ1n) is 18.4. The zero-order valence-electron chi connectivity index (χ0n) is 33.2. The summed E-state index contributed by atoms with van der Waals surface area (Å²) >= 11 is 0. The van der Waals surface area contributed by atoms with Gasteiger partial charge in [-0.1, -0.05) is 45.0 Å². The third kappa shape index (κ3) is 9.50. The summed E-state index contributed by atoms with van der Waals surface area (Å²) in [5, 5.41) is 7.72. The van der Waals surface area contributed by atoms with Gasteiger partial charge in [0.05, 0.1) is 43.1 Å². The van der Waals surface area contributed by atoms with Crippen molar-refractivity contribution in [2.24, 2.45) is 5.73 Å². The molecule has 0 unspecified atom stereocenters. The average molecular weight is 796 g/mol. The minimum absolute atomic E-state index is 0.118. The molecule has 0 bridgehead atoms. The maximum Gasteiger partial charge on any atom is 0.324 e. The van der Waals surface area contributed by atoms with E-state index in [4.69, 9.17) is 19.9 Å². The molecule has 6 rings (SSSR count). The van der Waals surface area contributed by atoms with Crippen molar-refractivity contribution < 1.29 is 32.2 Å². The number of nitrogens with zero attached hydrogens (tertiary/aromatic N) is 3. The molecule has 0 atom stereocenters. The van der Waals surface area contributed by atoms with Crippen molar-refractivity contribution >= 4 is 61.3 Å². The number of pyridine rings is 1. The Kier molecular flexibility index (Phi) is 11.8. The number of primary amides is 1. The van der Waals surface area contributed by atoms with E-state index in [1.165, 1.54) is 19.1 Å². The number of carbonyl (C=O) groups excluding carboxylic acids is 2. The number of rotatable bonds is 12. The predicted octanol–water partition coefficient (Wildman–Crippen LogP) is 7.50. The topological polar surface area (TPSA) is 177 Å². The van der Waals surface area contributed by atoms with E-state index >= 15 is 0 Å². The Hall–Kier alpha value is -6.06. The van der Waals surface area contributed by atoms with Crippen LogP contribution < -0.4 is 40.2 Å². The molecule has 57 heavy (non-hydrogen) atoms. The van der Waals surface area contributed by atoms with E-state index in [1.54, 1.807) is 60.8 Å². The maximum atomic E-state index is 13.4. The molecule has 14 nitrogen and oxygen atoms in total. The molecule has 0 saturated carbocycles. The Balaban J connectivity index is 1.29. The molecule has 0 spiro atoms. The number of aromatic nitrogens is 1. The maximum absolute atomic E-state index is 13.4. The number of likely N-dealkylation sites (tertiary alicyclic amines) is 1. The summed E-state index contributed by atoms with van der Waals surface area (Å²) in [7, 11) is 1.30. The lowest BCUT2D eigenvalue weighted by Crippen LogP contribution is -2.43. The molecule has 1 aliphatic rings. The van der Waals surface area contributed by atoms with Crippen LogP contribution in [0.4, 0.5) is 33.4 Å². The fourth-order valence-electron chi connectivity index (χ4n) is 6.80. The highest BCUT2D eigenvalue weighted by Crippen LogP contribution is 2.46. The predicted molar refractivity (Wildman–Crippen MR) is 224 cm³/mol. The van der Waals surface area contributed by atoms with Crippen molar-refractivity contribution in [1.82, 2.24) is 15.2 Å². The number of amides is 3. The fourth-order valence-corrected chi connectivity index (χ4v) is 7.35. The Morgan fingerprint density at radius 3 is 2.26 bits per heavy atom. The van der Waals surface area contributed by atoms with Crippen molar-refractivity contribution in [3.05, 3.63) is 96.2 Å². The van der Waals surface area contributed by atoms with Gasteiger partial charge in [0.1, 0.15) is 23.1 Å². The van der Waals surface area contributed by atoms with E-state index in [0.29, 0.717) is 50.8 Å². The number of urea groups is 1. The van der Waals surface area contributed by atoms with Gasteiger partial charge in [0.25, 0.3) is 5.91 Å². The number of sulfonamides is 1. The molecule has 0 aliphatic carbocycles. The Morgan fingerprint density at radius 2 is 1.61 bits per heavy atom. The Morgan fingerprint density at radius 1 is 0.895 bits per heavy atom. The van der Waals surface area contributed by atoms with E-state index in [-0.39, 0.29) is 29.1 Å². The molecule has 1 saturated heterocycles. The summed E-state index contributed by atoms with van der Waals surface area (Å²) in [6.07, 6.45) is 4.45. The van der Waals surface area contributed by atoms with Crippen LogP contribution in [0, 0.1) is 0 Å². The molecule has 3 amide bonds. The first kappa shape index (κ1) is 40.6. The van der Waals surface area contributed by atoms with Gasteiger partial charge in [-0.05, 0) is 86.4 Å². The molecule has 15 heteroatoms. The smallest absolute Gasteiger partial charge is 0.324 e. The normalized spacial score (nSPS) is 13.8. The molecular weight excluding hydrogens is 747 g/mol. The number of piperidine rings is 1. The third-order valence-corrected chi connectivity index (χ3v) is 10.3. The second-order valence-electron chi connectivity index (χ2n) is 15.1. The standard InChI is InChI=1S/C42H49N7O7S/c1-42(2,3)26-22-33(47-57(7,52)53)39(55-6)35(23-26)49(41(43)51)34-14-15-36(31-11-9-8-10-30(31)34)56-29-16-19-44-38(25-29)45-28-12-13-32(37(24-28)54-5)40(50)46-27-17-20-48(4)21-18-27/h8-16,19,22-25,27,47H,17-18,20-21H2,1-7H3,(H2,43,51)(H,44,45)(H,46,50). The number of methoxy groups -OCH3 is 2. The number of anilines is 5. The monoisotopic (exact) mass is 795 g/mol. The van der Waals surface area contributed by atoms with E-state index < -0.39 is 21.5 Å². The van der Waals surface area contributed by atoms with Crippen molar-refractivity contribution in [2.75, 3.05) is 55.6 Å². The number of nitrogens with one attached hydrogen (secondary N) is 3. The molecule has 2 heterocycles. The van der Waals surface area contributed by atoms with Gasteiger partial charge in [0, 0.05) is 40.8 Å². The molecule has 0 radical (unpaired) electrons. The van der Waals surface area contributed by atoms with Gasteiger partial charge in [-0.2, -0.15) is 0 Å².